The molecule has 20 heavy (non-hydrogen) atoms. The number of imidazole rings is 1. The molecular weight excluding hydrogens is 274 g/mol. The molecule has 2 aromatic rings. The number of ether oxygens (including phenoxy) is 1. The minimum Gasteiger partial charge on any atom is -0.486 e. The van der Waals surface area contributed by atoms with E-state index in [0.29, 0.717) is 23.4 Å². The van der Waals surface area contributed by atoms with Crippen LogP contribution in [0, 0.1) is 0 Å². The first-order valence-corrected chi connectivity index (χ1v) is 7.21. The molecule has 1 saturated carbocycles. The van der Waals surface area contributed by atoms with Crippen molar-refractivity contribution in [3.05, 3.63) is 47.0 Å². The van der Waals surface area contributed by atoms with Gasteiger partial charge in [-0.05, 0) is 37.5 Å². The smallest absolute Gasteiger partial charge is 0.138 e. The van der Waals surface area contributed by atoms with Crippen LogP contribution in [-0.4, -0.2) is 9.55 Å². The summed E-state index contributed by atoms with van der Waals surface area (Å²) >= 11 is 6.23. The molecule has 0 bridgehead atoms. The summed E-state index contributed by atoms with van der Waals surface area (Å²) in [6.45, 7) is 2.41. The summed E-state index contributed by atoms with van der Waals surface area (Å²) in [6, 6.07) is 6.26. The molecule has 106 valence electrons. The van der Waals surface area contributed by atoms with E-state index in [2.05, 4.69) is 9.55 Å². The van der Waals surface area contributed by atoms with Gasteiger partial charge in [0.2, 0.25) is 0 Å². The van der Waals surface area contributed by atoms with Crippen molar-refractivity contribution in [2.75, 3.05) is 0 Å². The van der Waals surface area contributed by atoms with Crippen molar-refractivity contribution in [3.8, 4) is 5.75 Å². The minimum absolute atomic E-state index is 0.0298. The molecule has 1 unspecified atom stereocenters. The maximum Gasteiger partial charge on any atom is 0.138 e. The molecule has 0 radical (unpaired) electrons. The van der Waals surface area contributed by atoms with Crippen molar-refractivity contribution in [1.82, 2.24) is 9.55 Å². The van der Waals surface area contributed by atoms with Gasteiger partial charge in [-0.25, -0.2) is 4.98 Å². The zero-order valence-corrected chi connectivity index (χ0v) is 12.2. The number of rotatable bonds is 5. The Kier molecular flexibility index (Phi) is 3.68. The van der Waals surface area contributed by atoms with Gasteiger partial charge in [0.1, 0.15) is 12.4 Å². The predicted molar refractivity (Wildman–Crippen MR) is 78.9 cm³/mol. The Labute approximate surface area is 123 Å². The van der Waals surface area contributed by atoms with Gasteiger partial charge in [0.15, 0.2) is 0 Å². The Balaban J connectivity index is 1.70. The lowest BCUT2D eigenvalue weighted by Crippen LogP contribution is -2.06. The van der Waals surface area contributed by atoms with Crippen LogP contribution in [0.25, 0.3) is 0 Å². The summed E-state index contributed by atoms with van der Waals surface area (Å²) in [7, 11) is 0. The third-order valence-electron chi connectivity index (χ3n) is 3.54. The topological polar surface area (TPSA) is 53.1 Å². The van der Waals surface area contributed by atoms with E-state index >= 15 is 0 Å². The SMILES string of the molecule is CC(N)c1ccc(OCc2cncn2C2CC2)c(Cl)c1. The van der Waals surface area contributed by atoms with Gasteiger partial charge in [-0.15, -0.1) is 0 Å². The molecule has 0 spiro atoms. The molecule has 5 heteroatoms. The highest BCUT2D eigenvalue weighted by Crippen LogP contribution is 2.36. The van der Waals surface area contributed by atoms with Gasteiger partial charge in [-0.2, -0.15) is 0 Å². The summed E-state index contributed by atoms with van der Waals surface area (Å²) in [5.74, 6) is 0.680. The highest BCUT2D eigenvalue weighted by molar-refractivity contribution is 6.32. The molecular formula is C15H18ClN3O. The zero-order valence-electron chi connectivity index (χ0n) is 11.4. The highest BCUT2D eigenvalue weighted by Gasteiger charge is 2.25. The van der Waals surface area contributed by atoms with E-state index in [1.807, 2.05) is 37.6 Å². The standard InChI is InChI=1S/C15H18ClN3O/c1-10(17)11-2-5-15(14(16)6-11)20-8-13-7-18-9-19(13)12-3-4-12/h2,5-7,9-10,12H,3-4,8,17H2,1H3. The van der Waals surface area contributed by atoms with Gasteiger partial charge < -0.3 is 15.0 Å². The number of hydrogen-bond donors (Lipinski definition) is 1. The van der Waals surface area contributed by atoms with Crippen molar-refractivity contribution in [2.24, 2.45) is 5.73 Å². The van der Waals surface area contributed by atoms with Gasteiger partial charge in [0.25, 0.3) is 0 Å². The number of halogens is 1. The Morgan fingerprint density at radius 1 is 1.50 bits per heavy atom. The predicted octanol–water partition coefficient (Wildman–Crippen LogP) is 3.47. The Hall–Kier alpha value is -1.52. The van der Waals surface area contributed by atoms with Crippen LogP contribution >= 0.6 is 11.6 Å². The summed E-state index contributed by atoms with van der Waals surface area (Å²) < 4.78 is 7.99. The number of aromatic nitrogens is 2. The summed E-state index contributed by atoms with van der Waals surface area (Å²) in [5, 5.41) is 0.595. The lowest BCUT2D eigenvalue weighted by atomic mass is 10.1. The van der Waals surface area contributed by atoms with E-state index in [1.54, 1.807) is 0 Å². The fourth-order valence-electron chi connectivity index (χ4n) is 2.19. The molecule has 1 atom stereocenters. The average molecular weight is 292 g/mol. The quantitative estimate of drug-likeness (QED) is 0.918. The van der Waals surface area contributed by atoms with Crippen LogP contribution in [0.5, 0.6) is 5.75 Å². The number of nitrogens with two attached hydrogens (primary N) is 1. The molecule has 1 aliphatic rings. The van der Waals surface area contributed by atoms with Gasteiger partial charge in [0, 0.05) is 12.1 Å². The second kappa shape index (κ2) is 5.46. The van der Waals surface area contributed by atoms with E-state index in [4.69, 9.17) is 22.1 Å². The fraction of sp³-hybridized carbons (Fsp3) is 0.400. The Bertz CT molecular complexity index is 605. The number of benzene rings is 1. The molecule has 4 nitrogen and oxygen atoms in total. The first-order valence-electron chi connectivity index (χ1n) is 6.83. The van der Waals surface area contributed by atoms with Crippen LogP contribution in [0.4, 0.5) is 0 Å². The Morgan fingerprint density at radius 3 is 2.95 bits per heavy atom. The second-order valence-electron chi connectivity index (χ2n) is 5.29. The third kappa shape index (κ3) is 2.81. The zero-order chi connectivity index (χ0) is 14.1. The van der Waals surface area contributed by atoms with E-state index < -0.39 is 0 Å². The Morgan fingerprint density at radius 2 is 2.30 bits per heavy atom. The van der Waals surface area contributed by atoms with E-state index in [9.17, 15) is 0 Å². The van der Waals surface area contributed by atoms with Crippen molar-refractivity contribution in [3.63, 3.8) is 0 Å². The van der Waals surface area contributed by atoms with Crippen LogP contribution in [0.1, 0.15) is 43.1 Å². The number of hydrogen-bond acceptors (Lipinski definition) is 3. The summed E-state index contributed by atoms with van der Waals surface area (Å²) in [6.07, 6.45) is 6.18. The lowest BCUT2D eigenvalue weighted by molar-refractivity contribution is 0.295. The molecule has 1 heterocycles. The number of nitrogens with zero attached hydrogens (tertiary/aromatic N) is 2. The molecule has 2 N–H and O–H groups in total. The first kappa shape index (κ1) is 13.5. The van der Waals surface area contributed by atoms with E-state index in [0.717, 1.165) is 11.3 Å². The molecule has 1 aliphatic carbocycles. The van der Waals surface area contributed by atoms with E-state index in [-0.39, 0.29) is 6.04 Å². The van der Waals surface area contributed by atoms with Crippen LogP contribution in [-0.2, 0) is 6.61 Å². The molecule has 1 aromatic heterocycles. The largest absolute Gasteiger partial charge is 0.486 e. The van der Waals surface area contributed by atoms with Crippen molar-refractivity contribution < 1.29 is 4.74 Å². The highest BCUT2D eigenvalue weighted by atomic mass is 35.5. The third-order valence-corrected chi connectivity index (χ3v) is 3.84. The van der Waals surface area contributed by atoms with E-state index in [1.165, 1.54) is 12.8 Å². The van der Waals surface area contributed by atoms with Gasteiger partial charge >= 0.3 is 0 Å². The maximum absolute atomic E-state index is 6.23. The minimum atomic E-state index is -0.0298. The first-order chi connectivity index (χ1) is 9.65. The lowest BCUT2D eigenvalue weighted by Gasteiger charge is -2.12. The van der Waals surface area contributed by atoms with Crippen LogP contribution in [0.15, 0.2) is 30.7 Å². The fourth-order valence-corrected chi connectivity index (χ4v) is 2.44. The van der Waals surface area contributed by atoms with Crippen molar-refractivity contribution >= 4 is 11.6 Å². The molecule has 0 aliphatic heterocycles. The van der Waals surface area contributed by atoms with Crippen molar-refractivity contribution in [1.29, 1.82) is 0 Å². The monoisotopic (exact) mass is 291 g/mol. The molecule has 3 rings (SSSR count). The van der Waals surface area contributed by atoms with Gasteiger partial charge in [0.05, 0.1) is 23.2 Å². The summed E-state index contributed by atoms with van der Waals surface area (Å²) in [4.78, 5) is 4.19. The van der Waals surface area contributed by atoms with Gasteiger partial charge in [-0.3, -0.25) is 0 Å². The maximum atomic E-state index is 6.23. The average Bonchev–Trinajstić information content (AvgIpc) is 3.16. The molecule has 1 fully saturated rings. The normalized spacial score (nSPS) is 16.1. The second-order valence-corrected chi connectivity index (χ2v) is 5.70. The molecule has 1 aromatic carbocycles. The molecule has 0 amide bonds. The molecule has 0 saturated heterocycles. The van der Waals surface area contributed by atoms with Crippen molar-refractivity contribution in [2.45, 2.75) is 38.5 Å². The van der Waals surface area contributed by atoms with Crippen LogP contribution in [0.2, 0.25) is 5.02 Å². The van der Waals surface area contributed by atoms with Gasteiger partial charge in [-0.1, -0.05) is 17.7 Å². The van der Waals surface area contributed by atoms with Crippen LogP contribution < -0.4 is 10.5 Å². The van der Waals surface area contributed by atoms with Crippen LogP contribution in [0.3, 0.4) is 0 Å². The summed E-state index contributed by atoms with van der Waals surface area (Å²) in [5.41, 5.74) is 7.92.